The molecule has 5 rings (SSSR count). The molecule has 13 nitrogen and oxygen atoms in total. The van der Waals surface area contributed by atoms with E-state index in [2.05, 4.69) is 15.0 Å². The van der Waals surface area contributed by atoms with Gasteiger partial charge in [0.25, 0.3) is 11.8 Å². The summed E-state index contributed by atoms with van der Waals surface area (Å²) in [5.74, 6) is -0.954. The van der Waals surface area contributed by atoms with Gasteiger partial charge < -0.3 is 31.2 Å². The van der Waals surface area contributed by atoms with E-state index in [-0.39, 0.29) is 22.9 Å². The van der Waals surface area contributed by atoms with Crippen molar-refractivity contribution in [1.82, 2.24) is 24.4 Å². The van der Waals surface area contributed by atoms with E-state index in [0.717, 1.165) is 11.3 Å². The zero-order chi connectivity index (χ0) is 25.6. The molecule has 2 aliphatic heterocycles. The lowest BCUT2D eigenvalue weighted by atomic mass is 10.1. The Morgan fingerprint density at radius 3 is 2.50 bits per heavy atom. The van der Waals surface area contributed by atoms with Gasteiger partial charge in [-0.25, -0.2) is 9.88 Å². The molecule has 13 heteroatoms. The number of imidazole rings is 1. The van der Waals surface area contributed by atoms with Gasteiger partial charge in [0.05, 0.1) is 24.1 Å². The van der Waals surface area contributed by atoms with Crippen molar-refractivity contribution in [1.29, 1.82) is 0 Å². The first kappa shape index (κ1) is 24.1. The van der Waals surface area contributed by atoms with E-state index < -0.39 is 49.2 Å². The van der Waals surface area contributed by atoms with Crippen LogP contribution in [0.25, 0.3) is 11.2 Å². The van der Waals surface area contributed by atoms with Crippen molar-refractivity contribution in [3.8, 4) is 0 Å². The van der Waals surface area contributed by atoms with E-state index in [1.54, 1.807) is 24.3 Å². The number of benzene rings is 1. The van der Waals surface area contributed by atoms with E-state index in [1.165, 1.54) is 10.9 Å². The van der Waals surface area contributed by atoms with E-state index in [1.807, 2.05) is 6.92 Å². The van der Waals surface area contributed by atoms with Crippen LogP contribution in [-0.4, -0.2) is 77.6 Å². The highest BCUT2D eigenvalue weighted by Gasteiger charge is 2.49. The van der Waals surface area contributed by atoms with E-state index in [9.17, 15) is 19.8 Å². The molecular formula is C23H27N7O6. The molecular weight excluding hydrogens is 470 g/mol. The van der Waals surface area contributed by atoms with Crippen molar-refractivity contribution in [2.24, 2.45) is 0 Å². The quantitative estimate of drug-likeness (QED) is 0.316. The molecule has 5 atom stereocenters. The monoisotopic (exact) mass is 497 g/mol. The highest BCUT2D eigenvalue weighted by molar-refractivity contribution is 6.21. The number of aliphatic hydroxyl groups is 2. The highest BCUT2D eigenvalue weighted by Crippen LogP contribution is 2.37. The van der Waals surface area contributed by atoms with Gasteiger partial charge in [0.2, 0.25) is 5.95 Å². The predicted octanol–water partition coefficient (Wildman–Crippen LogP) is 0.439. The maximum absolute atomic E-state index is 13.2. The number of nitrogens with two attached hydrogens (primary N) is 2. The minimum atomic E-state index is -1.28. The molecule has 3 aromatic rings. The second-order valence-electron chi connectivity index (χ2n) is 8.75. The minimum absolute atomic E-state index is 0.0674. The molecule has 1 fully saturated rings. The fourth-order valence-electron chi connectivity index (χ4n) is 4.67. The Labute approximate surface area is 205 Å². The van der Waals surface area contributed by atoms with E-state index in [0.29, 0.717) is 24.0 Å². The molecule has 1 saturated heterocycles. The average Bonchev–Trinajstić information content (AvgIpc) is 3.50. The van der Waals surface area contributed by atoms with Crippen LogP contribution in [0.1, 0.15) is 53.1 Å². The number of anilines is 2. The molecule has 0 radical (unpaired) electrons. The third kappa shape index (κ3) is 3.86. The number of nitrogens with zero attached hydrogens (tertiary/aromatic N) is 5. The largest absolute Gasteiger partial charge is 0.394 e. The van der Waals surface area contributed by atoms with Gasteiger partial charge in [-0.1, -0.05) is 25.5 Å². The molecule has 0 aliphatic carbocycles. The number of ether oxygens (including phenoxy) is 2. The number of carbonyl (C=O) groups is 2. The number of imide groups is 1. The summed E-state index contributed by atoms with van der Waals surface area (Å²) in [6.07, 6.45) is -2.20. The van der Waals surface area contributed by atoms with Crippen molar-refractivity contribution in [2.75, 3.05) is 18.1 Å². The number of rotatable bonds is 8. The molecule has 1 aromatic carbocycles. The summed E-state index contributed by atoms with van der Waals surface area (Å²) in [4.78, 5) is 39.8. The normalized spacial score (nSPS) is 24.6. The summed E-state index contributed by atoms with van der Waals surface area (Å²) in [6.45, 7) is 1.49. The summed E-state index contributed by atoms with van der Waals surface area (Å²) in [5.41, 5.74) is 12.8. The van der Waals surface area contributed by atoms with Crippen molar-refractivity contribution in [3.05, 3.63) is 41.7 Å². The maximum atomic E-state index is 13.2. The van der Waals surface area contributed by atoms with Crippen molar-refractivity contribution in [2.45, 2.75) is 57.0 Å². The second-order valence-corrected chi connectivity index (χ2v) is 8.75. The Kier molecular flexibility index (Phi) is 6.30. The standard InChI is InChI=1S/C23H27N7O6/c1-2-3-8-14(30-20(33)11-6-4-5-7-12(11)21(30)34)36-17-16(32)13(9-31)35-22(17)29-10-26-15-18(24)27-23(25)28-19(15)29/h4-7,10,13-14,16-17,22,31-32H,2-3,8-9H2,1H3,(H4,24,25,27,28)/t13-,14?,16-,17-,22-/m1/s1. The van der Waals surface area contributed by atoms with Crippen molar-refractivity contribution in [3.63, 3.8) is 0 Å². The fourth-order valence-corrected chi connectivity index (χ4v) is 4.67. The Bertz CT molecular complexity index is 1280. The molecule has 36 heavy (non-hydrogen) atoms. The fraction of sp³-hybridized carbons (Fsp3) is 0.435. The lowest BCUT2D eigenvalue weighted by molar-refractivity contribution is -0.133. The van der Waals surface area contributed by atoms with Crippen LogP contribution in [0.2, 0.25) is 0 Å². The Morgan fingerprint density at radius 1 is 1.17 bits per heavy atom. The lowest BCUT2D eigenvalue weighted by Gasteiger charge is -2.32. The summed E-state index contributed by atoms with van der Waals surface area (Å²) in [5, 5.41) is 20.8. The number of hydrogen-bond acceptors (Lipinski definition) is 11. The van der Waals surface area contributed by atoms with Crippen LogP contribution < -0.4 is 11.5 Å². The molecule has 6 N–H and O–H groups in total. The van der Waals surface area contributed by atoms with Crippen LogP contribution in [0.15, 0.2) is 30.6 Å². The number of unbranched alkanes of at least 4 members (excludes halogenated alkanes) is 1. The number of aliphatic hydroxyl groups excluding tert-OH is 2. The van der Waals surface area contributed by atoms with Gasteiger partial charge in [-0.05, 0) is 25.0 Å². The summed E-state index contributed by atoms with van der Waals surface area (Å²) in [7, 11) is 0. The Balaban J connectivity index is 1.51. The molecule has 4 heterocycles. The second kappa shape index (κ2) is 9.43. The van der Waals surface area contributed by atoms with Gasteiger partial charge in [0.15, 0.2) is 17.7 Å². The third-order valence-electron chi connectivity index (χ3n) is 6.46. The van der Waals surface area contributed by atoms with Gasteiger partial charge in [-0.2, -0.15) is 9.97 Å². The Morgan fingerprint density at radius 2 is 1.86 bits per heavy atom. The van der Waals surface area contributed by atoms with E-state index in [4.69, 9.17) is 20.9 Å². The summed E-state index contributed by atoms with van der Waals surface area (Å²) >= 11 is 0. The molecule has 190 valence electrons. The molecule has 0 bridgehead atoms. The topological polar surface area (TPSA) is 192 Å². The maximum Gasteiger partial charge on any atom is 0.263 e. The smallest absolute Gasteiger partial charge is 0.263 e. The molecule has 2 aromatic heterocycles. The Hall–Kier alpha value is -3.65. The highest BCUT2D eigenvalue weighted by atomic mass is 16.6. The van der Waals surface area contributed by atoms with Gasteiger partial charge >= 0.3 is 0 Å². The molecule has 0 spiro atoms. The van der Waals surface area contributed by atoms with Crippen LogP contribution in [0.5, 0.6) is 0 Å². The van der Waals surface area contributed by atoms with Crippen molar-refractivity contribution < 1.29 is 29.3 Å². The van der Waals surface area contributed by atoms with Crippen LogP contribution in [0.4, 0.5) is 11.8 Å². The number of carbonyl (C=O) groups excluding carboxylic acids is 2. The average molecular weight is 498 g/mol. The van der Waals surface area contributed by atoms with Gasteiger partial charge in [-0.3, -0.25) is 14.2 Å². The molecule has 2 aliphatic rings. The minimum Gasteiger partial charge on any atom is -0.394 e. The first-order valence-electron chi connectivity index (χ1n) is 11.7. The van der Waals surface area contributed by atoms with Crippen LogP contribution in [0.3, 0.4) is 0 Å². The number of nitrogen functional groups attached to an aromatic ring is 2. The lowest BCUT2D eigenvalue weighted by Crippen LogP contribution is -2.47. The third-order valence-corrected chi connectivity index (χ3v) is 6.46. The van der Waals surface area contributed by atoms with Gasteiger partial charge in [0, 0.05) is 0 Å². The zero-order valence-corrected chi connectivity index (χ0v) is 19.5. The molecule has 1 unspecified atom stereocenters. The predicted molar refractivity (Wildman–Crippen MR) is 126 cm³/mol. The molecule has 0 saturated carbocycles. The van der Waals surface area contributed by atoms with Crippen LogP contribution in [0, 0.1) is 0 Å². The van der Waals surface area contributed by atoms with Crippen molar-refractivity contribution >= 4 is 34.7 Å². The zero-order valence-electron chi connectivity index (χ0n) is 19.5. The summed E-state index contributed by atoms with van der Waals surface area (Å²) in [6, 6.07) is 6.57. The number of amides is 2. The van der Waals surface area contributed by atoms with Crippen LogP contribution in [-0.2, 0) is 9.47 Å². The van der Waals surface area contributed by atoms with E-state index >= 15 is 0 Å². The SMILES string of the molecule is CCCCC(O[C@@H]1[C@H](O)[C@@H](CO)O[C@H]1n1cnc2c(N)nc(N)nc21)N1C(=O)c2ccccc2C1=O. The van der Waals surface area contributed by atoms with Gasteiger partial charge in [-0.15, -0.1) is 0 Å². The van der Waals surface area contributed by atoms with Gasteiger partial charge in [0.1, 0.15) is 30.1 Å². The van der Waals surface area contributed by atoms with Crippen LogP contribution >= 0.6 is 0 Å². The summed E-state index contributed by atoms with van der Waals surface area (Å²) < 4.78 is 13.7. The number of hydrogen-bond donors (Lipinski definition) is 4. The first-order chi connectivity index (χ1) is 17.3. The first-order valence-corrected chi connectivity index (χ1v) is 11.7. The number of fused-ring (bicyclic) bond motifs is 2. The number of aromatic nitrogens is 4. The molecule has 2 amide bonds.